The van der Waals surface area contributed by atoms with Gasteiger partial charge in [-0.3, -0.25) is 4.79 Å². The molecule has 1 aromatic heterocycles. The van der Waals surface area contributed by atoms with Crippen LogP contribution in [0.5, 0.6) is 0 Å². The predicted octanol–water partition coefficient (Wildman–Crippen LogP) is 5.23. The van der Waals surface area contributed by atoms with Crippen molar-refractivity contribution in [1.82, 2.24) is 10.2 Å². The Morgan fingerprint density at radius 1 is 1.00 bits per heavy atom. The van der Waals surface area contributed by atoms with Gasteiger partial charge in [0.25, 0.3) is 0 Å². The zero-order chi connectivity index (χ0) is 18.6. The van der Waals surface area contributed by atoms with Crippen molar-refractivity contribution in [1.29, 1.82) is 0 Å². The summed E-state index contributed by atoms with van der Waals surface area (Å²) in [7, 11) is 0. The topological polar surface area (TPSA) is 68.0 Å². The van der Waals surface area contributed by atoms with Gasteiger partial charge < -0.3 is 9.73 Å². The van der Waals surface area contributed by atoms with Crippen molar-refractivity contribution < 1.29 is 9.21 Å². The van der Waals surface area contributed by atoms with Crippen molar-refractivity contribution in [2.24, 2.45) is 5.92 Å². The van der Waals surface area contributed by atoms with Crippen LogP contribution in [0.25, 0.3) is 22.9 Å². The van der Waals surface area contributed by atoms with Crippen molar-refractivity contribution in [3.63, 3.8) is 0 Å². The Morgan fingerprint density at radius 2 is 1.78 bits per heavy atom. The average molecular weight is 361 g/mol. The van der Waals surface area contributed by atoms with E-state index in [1.807, 2.05) is 55.5 Å². The van der Waals surface area contributed by atoms with Crippen molar-refractivity contribution in [3.05, 3.63) is 54.1 Å². The van der Waals surface area contributed by atoms with E-state index in [1.54, 1.807) is 0 Å². The van der Waals surface area contributed by atoms with E-state index in [1.165, 1.54) is 6.42 Å². The summed E-state index contributed by atoms with van der Waals surface area (Å²) in [5.74, 6) is 1.18. The monoisotopic (exact) mass is 361 g/mol. The van der Waals surface area contributed by atoms with Gasteiger partial charge in [0, 0.05) is 22.7 Å². The molecule has 1 aliphatic rings. The van der Waals surface area contributed by atoms with Gasteiger partial charge in [0.2, 0.25) is 17.7 Å². The van der Waals surface area contributed by atoms with Crippen LogP contribution in [-0.2, 0) is 4.79 Å². The first-order valence-corrected chi connectivity index (χ1v) is 9.51. The summed E-state index contributed by atoms with van der Waals surface area (Å²) in [5.41, 5.74) is 3.57. The molecular formula is C22H23N3O2. The van der Waals surface area contributed by atoms with Gasteiger partial charge >= 0.3 is 0 Å². The largest absolute Gasteiger partial charge is 0.416 e. The van der Waals surface area contributed by atoms with E-state index in [0.29, 0.717) is 11.8 Å². The van der Waals surface area contributed by atoms with E-state index in [4.69, 9.17) is 4.42 Å². The minimum Gasteiger partial charge on any atom is -0.416 e. The fraction of sp³-hybridized carbons (Fsp3) is 0.318. The third-order valence-electron chi connectivity index (χ3n) is 5.15. The minimum absolute atomic E-state index is 0.109. The molecule has 0 atom stereocenters. The number of carbonyl (C=O) groups is 1. The van der Waals surface area contributed by atoms with Crippen LogP contribution >= 0.6 is 0 Å². The standard InChI is InChI=1S/C22H23N3O2/c1-15-8-5-6-13-19(15)22-25-24-21(27-22)17-11-7-12-18(14-17)23-20(26)16-9-3-2-4-10-16/h5-8,11-14,16H,2-4,9-10H2,1H3,(H,23,26). The molecule has 3 aromatic rings. The minimum atomic E-state index is 0.109. The Hall–Kier alpha value is -2.95. The average Bonchev–Trinajstić information content (AvgIpc) is 3.19. The Balaban J connectivity index is 1.53. The van der Waals surface area contributed by atoms with Crippen LogP contribution in [-0.4, -0.2) is 16.1 Å². The first-order chi connectivity index (χ1) is 13.2. The Kier molecular flexibility index (Phi) is 5.01. The highest BCUT2D eigenvalue weighted by molar-refractivity contribution is 5.93. The lowest BCUT2D eigenvalue weighted by molar-refractivity contribution is -0.120. The number of hydrogen-bond donors (Lipinski definition) is 1. The predicted molar refractivity (Wildman–Crippen MR) is 105 cm³/mol. The highest BCUT2D eigenvalue weighted by Gasteiger charge is 2.21. The SMILES string of the molecule is Cc1ccccc1-c1nnc(-c2cccc(NC(=O)C3CCCCC3)c2)o1. The van der Waals surface area contributed by atoms with Gasteiger partial charge in [0.05, 0.1) is 0 Å². The van der Waals surface area contributed by atoms with E-state index < -0.39 is 0 Å². The molecular weight excluding hydrogens is 338 g/mol. The summed E-state index contributed by atoms with van der Waals surface area (Å²) in [5, 5.41) is 11.4. The molecule has 1 N–H and O–H groups in total. The molecule has 0 unspecified atom stereocenters. The lowest BCUT2D eigenvalue weighted by Gasteiger charge is -2.20. The third-order valence-corrected chi connectivity index (χ3v) is 5.15. The van der Waals surface area contributed by atoms with Crippen LogP contribution in [0.15, 0.2) is 52.9 Å². The molecule has 2 aromatic carbocycles. The summed E-state index contributed by atoms with van der Waals surface area (Å²) >= 11 is 0. The van der Waals surface area contributed by atoms with E-state index in [0.717, 1.165) is 48.1 Å². The molecule has 5 nitrogen and oxygen atoms in total. The van der Waals surface area contributed by atoms with Crippen LogP contribution in [0.3, 0.4) is 0 Å². The number of nitrogens with zero attached hydrogens (tertiary/aromatic N) is 2. The first-order valence-electron chi connectivity index (χ1n) is 9.51. The van der Waals surface area contributed by atoms with Crippen molar-refractivity contribution >= 4 is 11.6 Å². The van der Waals surface area contributed by atoms with Gasteiger partial charge in [0.15, 0.2) is 0 Å². The van der Waals surface area contributed by atoms with E-state index in [-0.39, 0.29) is 11.8 Å². The molecule has 5 heteroatoms. The number of anilines is 1. The van der Waals surface area contributed by atoms with Crippen LogP contribution in [0, 0.1) is 12.8 Å². The van der Waals surface area contributed by atoms with Crippen molar-refractivity contribution in [3.8, 4) is 22.9 Å². The number of benzene rings is 2. The van der Waals surface area contributed by atoms with E-state index in [2.05, 4.69) is 15.5 Å². The summed E-state index contributed by atoms with van der Waals surface area (Å²) in [6, 6.07) is 15.5. The number of aromatic nitrogens is 2. The van der Waals surface area contributed by atoms with Gasteiger partial charge in [0.1, 0.15) is 0 Å². The second-order valence-corrected chi connectivity index (χ2v) is 7.13. The molecule has 138 valence electrons. The Labute approximate surface area is 158 Å². The number of rotatable bonds is 4. The molecule has 0 bridgehead atoms. The van der Waals surface area contributed by atoms with Crippen LogP contribution in [0.1, 0.15) is 37.7 Å². The van der Waals surface area contributed by atoms with Gasteiger partial charge in [-0.05, 0) is 49.6 Å². The third kappa shape index (κ3) is 3.92. The van der Waals surface area contributed by atoms with Crippen molar-refractivity contribution in [2.75, 3.05) is 5.32 Å². The summed E-state index contributed by atoms with van der Waals surface area (Å²) in [4.78, 5) is 12.5. The number of nitrogens with one attached hydrogen (secondary N) is 1. The molecule has 1 amide bonds. The van der Waals surface area contributed by atoms with E-state index in [9.17, 15) is 4.79 Å². The maximum atomic E-state index is 12.5. The number of aryl methyl sites for hydroxylation is 1. The van der Waals surface area contributed by atoms with E-state index >= 15 is 0 Å². The molecule has 27 heavy (non-hydrogen) atoms. The van der Waals surface area contributed by atoms with Crippen molar-refractivity contribution in [2.45, 2.75) is 39.0 Å². The number of amides is 1. The molecule has 4 rings (SSSR count). The quantitative estimate of drug-likeness (QED) is 0.691. The molecule has 0 saturated heterocycles. The van der Waals surface area contributed by atoms with Gasteiger partial charge in [-0.1, -0.05) is 43.5 Å². The first kappa shape index (κ1) is 17.5. The second kappa shape index (κ2) is 7.74. The lowest BCUT2D eigenvalue weighted by Crippen LogP contribution is -2.24. The lowest BCUT2D eigenvalue weighted by atomic mass is 9.88. The maximum absolute atomic E-state index is 12.5. The van der Waals surface area contributed by atoms with Gasteiger partial charge in [-0.15, -0.1) is 10.2 Å². The van der Waals surface area contributed by atoms with Crippen LogP contribution < -0.4 is 5.32 Å². The number of carbonyl (C=O) groups excluding carboxylic acids is 1. The maximum Gasteiger partial charge on any atom is 0.248 e. The fourth-order valence-corrected chi connectivity index (χ4v) is 3.60. The molecule has 0 aliphatic heterocycles. The second-order valence-electron chi connectivity index (χ2n) is 7.13. The molecule has 1 aliphatic carbocycles. The Bertz CT molecular complexity index is 942. The summed E-state index contributed by atoms with van der Waals surface area (Å²) in [6.45, 7) is 2.01. The number of hydrogen-bond acceptors (Lipinski definition) is 4. The van der Waals surface area contributed by atoms with Crippen LogP contribution in [0.4, 0.5) is 5.69 Å². The van der Waals surface area contributed by atoms with Crippen LogP contribution in [0.2, 0.25) is 0 Å². The molecule has 1 saturated carbocycles. The zero-order valence-electron chi connectivity index (χ0n) is 15.4. The van der Waals surface area contributed by atoms with Gasteiger partial charge in [-0.2, -0.15) is 0 Å². The van der Waals surface area contributed by atoms with Gasteiger partial charge in [-0.25, -0.2) is 0 Å². The normalized spacial score (nSPS) is 14.9. The fourth-order valence-electron chi connectivity index (χ4n) is 3.60. The molecule has 0 radical (unpaired) electrons. The smallest absolute Gasteiger partial charge is 0.248 e. The molecule has 0 spiro atoms. The summed E-state index contributed by atoms with van der Waals surface area (Å²) in [6.07, 6.45) is 5.48. The summed E-state index contributed by atoms with van der Waals surface area (Å²) < 4.78 is 5.88. The molecule has 1 fully saturated rings. The highest BCUT2D eigenvalue weighted by Crippen LogP contribution is 2.28. The Morgan fingerprint density at radius 3 is 2.59 bits per heavy atom. The molecule has 1 heterocycles. The highest BCUT2D eigenvalue weighted by atomic mass is 16.4. The zero-order valence-corrected chi connectivity index (χ0v) is 15.4.